The predicted molar refractivity (Wildman–Crippen MR) is 89.8 cm³/mol. The van der Waals surface area contributed by atoms with Gasteiger partial charge in [0.1, 0.15) is 6.54 Å². The summed E-state index contributed by atoms with van der Waals surface area (Å²) < 4.78 is 0. The molecule has 0 aliphatic carbocycles. The molecule has 2 aromatic rings. The molecule has 0 bridgehead atoms. The number of nitrogens with one attached hydrogen (secondary N) is 2. The van der Waals surface area contributed by atoms with Crippen molar-refractivity contribution in [3.8, 4) is 0 Å². The number of aryl methyl sites for hydroxylation is 1. The van der Waals surface area contributed by atoms with Gasteiger partial charge in [-0.3, -0.25) is 4.79 Å². The Labute approximate surface area is 128 Å². The molecule has 0 aromatic heterocycles. The van der Waals surface area contributed by atoms with Crippen molar-refractivity contribution in [2.24, 2.45) is 0 Å². The highest BCUT2D eigenvalue weighted by Crippen LogP contribution is 2.29. The van der Waals surface area contributed by atoms with Gasteiger partial charge in [-0.25, -0.2) is 0 Å². The van der Waals surface area contributed by atoms with Crippen LogP contribution in [0, 0.1) is 6.92 Å². The van der Waals surface area contributed by atoms with Crippen molar-refractivity contribution in [3.05, 3.63) is 54.1 Å². The number of nitrogens with zero attached hydrogens (tertiary/aromatic N) is 1. The number of thiocarbonyl (C=S) groups is 1. The van der Waals surface area contributed by atoms with Crippen LogP contribution >= 0.6 is 12.2 Å². The summed E-state index contributed by atoms with van der Waals surface area (Å²) in [6, 6.07) is 15.6. The van der Waals surface area contributed by atoms with Gasteiger partial charge in [0.05, 0.1) is 11.4 Å². The lowest BCUT2D eigenvalue weighted by Crippen LogP contribution is -2.44. The van der Waals surface area contributed by atoms with E-state index < -0.39 is 0 Å². The lowest BCUT2D eigenvalue weighted by atomic mass is 10.2. The fourth-order valence-electron chi connectivity index (χ4n) is 2.31. The minimum absolute atomic E-state index is 0.0670. The van der Waals surface area contributed by atoms with Gasteiger partial charge >= 0.3 is 0 Å². The lowest BCUT2D eigenvalue weighted by molar-refractivity contribution is -0.115. The molecule has 2 aromatic carbocycles. The summed E-state index contributed by atoms with van der Waals surface area (Å²) in [5.74, 6) is -0.0670. The maximum atomic E-state index is 11.8. The zero-order valence-electron chi connectivity index (χ0n) is 11.6. The summed E-state index contributed by atoms with van der Waals surface area (Å²) in [5.41, 5.74) is 3.74. The van der Waals surface area contributed by atoms with Gasteiger partial charge in [-0.15, -0.1) is 0 Å². The van der Waals surface area contributed by atoms with Gasteiger partial charge in [0, 0.05) is 5.69 Å². The number of benzene rings is 2. The molecule has 21 heavy (non-hydrogen) atoms. The lowest BCUT2D eigenvalue weighted by Gasteiger charge is -2.31. The Kier molecular flexibility index (Phi) is 3.58. The van der Waals surface area contributed by atoms with E-state index in [0.29, 0.717) is 5.11 Å². The molecule has 0 spiro atoms. The Bertz CT molecular complexity index is 714. The van der Waals surface area contributed by atoms with E-state index in [1.54, 1.807) is 0 Å². The number of amides is 1. The van der Waals surface area contributed by atoms with Gasteiger partial charge in [-0.1, -0.05) is 30.3 Å². The summed E-state index contributed by atoms with van der Waals surface area (Å²) in [7, 11) is 0. The third kappa shape index (κ3) is 2.73. The zero-order chi connectivity index (χ0) is 14.8. The Morgan fingerprint density at radius 1 is 1.19 bits per heavy atom. The highest BCUT2D eigenvalue weighted by atomic mass is 32.1. The summed E-state index contributed by atoms with van der Waals surface area (Å²) in [5, 5.41) is 6.59. The Morgan fingerprint density at radius 2 is 1.90 bits per heavy atom. The molecule has 0 radical (unpaired) electrons. The van der Waals surface area contributed by atoms with Crippen LogP contribution < -0.4 is 15.5 Å². The van der Waals surface area contributed by atoms with Gasteiger partial charge in [0.2, 0.25) is 5.91 Å². The molecule has 106 valence electrons. The number of carbonyl (C=O) groups is 1. The summed E-state index contributed by atoms with van der Waals surface area (Å²) in [4.78, 5) is 13.6. The van der Waals surface area contributed by atoms with Crippen LogP contribution in [0.3, 0.4) is 0 Å². The fourth-order valence-corrected chi connectivity index (χ4v) is 2.58. The topological polar surface area (TPSA) is 44.4 Å². The largest absolute Gasteiger partial charge is 0.332 e. The predicted octanol–water partition coefficient (Wildman–Crippen LogP) is 3.15. The van der Waals surface area contributed by atoms with Crippen LogP contribution in [0.5, 0.6) is 0 Å². The smallest absolute Gasteiger partial charge is 0.244 e. The number of rotatable bonds is 1. The molecule has 0 saturated carbocycles. The minimum atomic E-state index is -0.0670. The molecule has 0 saturated heterocycles. The Hall–Kier alpha value is -2.40. The van der Waals surface area contributed by atoms with E-state index in [-0.39, 0.29) is 12.5 Å². The molecule has 1 aliphatic heterocycles. The van der Waals surface area contributed by atoms with E-state index in [9.17, 15) is 4.79 Å². The molecular formula is C16H15N3OS. The molecule has 0 fully saturated rings. The SMILES string of the molecule is Cc1ccccc1NC(=S)N1CC(=O)Nc2ccccc21. The van der Waals surface area contributed by atoms with Crippen LogP contribution in [0.25, 0.3) is 0 Å². The fraction of sp³-hybridized carbons (Fsp3) is 0.125. The maximum Gasteiger partial charge on any atom is 0.244 e. The zero-order valence-corrected chi connectivity index (χ0v) is 12.4. The van der Waals surface area contributed by atoms with Crippen molar-refractivity contribution in [1.82, 2.24) is 0 Å². The summed E-state index contributed by atoms with van der Waals surface area (Å²) in [6.45, 7) is 2.23. The monoisotopic (exact) mass is 297 g/mol. The van der Waals surface area contributed by atoms with Crippen LogP contribution in [0.2, 0.25) is 0 Å². The molecule has 0 unspecified atom stereocenters. The van der Waals surface area contributed by atoms with E-state index in [2.05, 4.69) is 10.6 Å². The summed E-state index contributed by atoms with van der Waals surface area (Å²) in [6.07, 6.45) is 0. The molecule has 0 atom stereocenters. The molecular weight excluding hydrogens is 282 g/mol. The molecule has 5 heteroatoms. The number of hydrogen-bond donors (Lipinski definition) is 2. The first-order chi connectivity index (χ1) is 10.1. The standard InChI is InChI=1S/C16H15N3OS/c1-11-6-2-3-7-12(11)18-16(21)19-10-15(20)17-13-8-4-5-9-14(13)19/h2-9H,10H2,1H3,(H,17,20)(H,18,21). The van der Waals surface area contributed by atoms with Crippen molar-refractivity contribution < 1.29 is 4.79 Å². The number of carbonyl (C=O) groups excluding carboxylic acids is 1. The van der Waals surface area contributed by atoms with Crippen molar-refractivity contribution in [2.75, 3.05) is 22.1 Å². The number of para-hydroxylation sites is 3. The van der Waals surface area contributed by atoms with Crippen LogP contribution in [-0.4, -0.2) is 17.6 Å². The minimum Gasteiger partial charge on any atom is -0.332 e. The number of fused-ring (bicyclic) bond motifs is 1. The average molecular weight is 297 g/mol. The normalized spacial score (nSPS) is 13.4. The average Bonchev–Trinajstić information content (AvgIpc) is 2.48. The van der Waals surface area contributed by atoms with Crippen molar-refractivity contribution >= 4 is 40.3 Å². The molecule has 1 amide bonds. The second-order valence-corrected chi connectivity index (χ2v) is 5.28. The third-order valence-electron chi connectivity index (χ3n) is 3.40. The van der Waals surface area contributed by atoms with Crippen molar-refractivity contribution in [2.45, 2.75) is 6.92 Å². The molecule has 1 heterocycles. The first-order valence-electron chi connectivity index (χ1n) is 6.68. The number of anilines is 3. The van der Waals surface area contributed by atoms with Crippen LogP contribution in [0.4, 0.5) is 17.1 Å². The Balaban J connectivity index is 1.88. The van der Waals surface area contributed by atoms with Gasteiger partial charge < -0.3 is 15.5 Å². The second-order valence-electron chi connectivity index (χ2n) is 4.90. The van der Waals surface area contributed by atoms with E-state index in [0.717, 1.165) is 22.6 Å². The highest BCUT2D eigenvalue weighted by Gasteiger charge is 2.24. The van der Waals surface area contributed by atoms with Crippen LogP contribution in [0.15, 0.2) is 48.5 Å². The quantitative estimate of drug-likeness (QED) is 0.794. The van der Waals surface area contributed by atoms with Crippen molar-refractivity contribution in [3.63, 3.8) is 0 Å². The Morgan fingerprint density at radius 3 is 2.71 bits per heavy atom. The van der Waals surface area contributed by atoms with Crippen LogP contribution in [-0.2, 0) is 4.79 Å². The van der Waals surface area contributed by atoms with Gasteiger partial charge in [0.25, 0.3) is 0 Å². The van der Waals surface area contributed by atoms with Gasteiger partial charge in [-0.05, 0) is 42.9 Å². The molecule has 1 aliphatic rings. The molecule has 3 rings (SSSR count). The van der Waals surface area contributed by atoms with Crippen LogP contribution in [0.1, 0.15) is 5.56 Å². The summed E-state index contributed by atoms with van der Waals surface area (Å²) >= 11 is 5.48. The van der Waals surface area contributed by atoms with Gasteiger partial charge in [-0.2, -0.15) is 0 Å². The van der Waals surface area contributed by atoms with E-state index in [1.807, 2.05) is 60.4 Å². The first-order valence-corrected chi connectivity index (χ1v) is 7.09. The van der Waals surface area contributed by atoms with Gasteiger partial charge in [0.15, 0.2) is 5.11 Å². The number of hydrogen-bond acceptors (Lipinski definition) is 2. The first kappa shape index (κ1) is 13.6. The van der Waals surface area contributed by atoms with E-state index in [1.165, 1.54) is 0 Å². The van der Waals surface area contributed by atoms with E-state index in [4.69, 9.17) is 12.2 Å². The second kappa shape index (κ2) is 5.54. The molecule has 4 nitrogen and oxygen atoms in total. The van der Waals surface area contributed by atoms with Crippen molar-refractivity contribution in [1.29, 1.82) is 0 Å². The maximum absolute atomic E-state index is 11.8. The molecule has 2 N–H and O–H groups in total. The third-order valence-corrected chi connectivity index (χ3v) is 3.72. The highest BCUT2D eigenvalue weighted by molar-refractivity contribution is 7.80. The van der Waals surface area contributed by atoms with E-state index >= 15 is 0 Å².